The maximum atomic E-state index is 13.0. The summed E-state index contributed by atoms with van der Waals surface area (Å²) < 4.78 is 8.31. The van der Waals surface area contributed by atoms with Gasteiger partial charge in [-0.15, -0.1) is 0 Å². The fourth-order valence-electron chi connectivity index (χ4n) is 5.05. The van der Waals surface area contributed by atoms with Crippen LogP contribution in [0.15, 0.2) is 22.7 Å². The van der Waals surface area contributed by atoms with Gasteiger partial charge in [0.1, 0.15) is 5.60 Å². The Hall–Kier alpha value is -1.90. The van der Waals surface area contributed by atoms with Crippen molar-refractivity contribution in [2.45, 2.75) is 78.0 Å². The Labute approximate surface area is 220 Å². The van der Waals surface area contributed by atoms with Crippen molar-refractivity contribution < 1.29 is 14.3 Å². The van der Waals surface area contributed by atoms with E-state index in [1.54, 1.807) is 6.07 Å². The van der Waals surface area contributed by atoms with E-state index in [1.165, 1.54) is 0 Å². The van der Waals surface area contributed by atoms with Gasteiger partial charge in [0.25, 0.3) is 5.91 Å². The number of imidazole rings is 1. The quantitative estimate of drug-likeness (QED) is 0.479. The van der Waals surface area contributed by atoms with Crippen LogP contribution in [0.5, 0.6) is 0 Å². The highest BCUT2D eigenvalue weighted by Crippen LogP contribution is 2.40. The number of hydrogen-bond donors (Lipinski definition) is 1. The normalized spacial score (nSPS) is 23.0. The summed E-state index contributed by atoms with van der Waals surface area (Å²) in [4.78, 5) is 32.9. The largest absolute Gasteiger partial charge is 0.460 e. The third-order valence-electron chi connectivity index (χ3n) is 7.15. The van der Waals surface area contributed by atoms with Crippen molar-refractivity contribution in [3.8, 4) is 0 Å². The van der Waals surface area contributed by atoms with E-state index < -0.39 is 11.0 Å². The number of anilines is 1. The molecule has 1 N–H and O–H groups in total. The molecule has 1 amide bonds. The lowest BCUT2D eigenvalue weighted by molar-refractivity contribution is -0.169. The molecule has 1 aliphatic carbocycles. The smallest absolute Gasteiger partial charge is 0.312 e. The van der Waals surface area contributed by atoms with Gasteiger partial charge in [-0.1, -0.05) is 17.7 Å². The van der Waals surface area contributed by atoms with Crippen molar-refractivity contribution in [3.63, 3.8) is 0 Å². The van der Waals surface area contributed by atoms with Gasteiger partial charge in [-0.2, -0.15) is 0 Å². The molecule has 1 aromatic heterocycles. The fourth-order valence-corrected chi connectivity index (χ4v) is 5.59. The molecule has 35 heavy (non-hydrogen) atoms. The molecule has 0 radical (unpaired) electrons. The van der Waals surface area contributed by atoms with Crippen molar-refractivity contribution in [1.29, 1.82) is 0 Å². The van der Waals surface area contributed by atoms with Crippen molar-refractivity contribution in [1.82, 2.24) is 14.5 Å². The van der Waals surface area contributed by atoms with Gasteiger partial charge in [-0.3, -0.25) is 14.5 Å². The summed E-state index contributed by atoms with van der Waals surface area (Å²) in [7, 11) is 1.89. The Balaban J connectivity index is 1.41. The van der Waals surface area contributed by atoms with Crippen LogP contribution in [0.1, 0.15) is 75.4 Å². The number of halogens is 2. The predicted molar refractivity (Wildman–Crippen MR) is 141 cm³/mol. The Bertz CT molecular complexity index is 1130. The Kier molecular flexibility index (Phi) is 7.38. The van der Waals surface area contributed by atoms with Crippen molar-refractivity contribution in [2.24, 2.45) is 12.5 Å². The number of aromatic nitrogens is 2. The average molecular weight is 566 g/mol. The van der Waals surface area contributed by atoms with Gasteiger partial charge in [0.15, 0.2) is 5.82 Å². The molecule has 2 aliphatic rings. The van der Waals surface area contributed by atoms with Crippen LogP contribution in [0.4, 0.5) is 5.69 Å². The number of amides is 1. The molecular weight excluding hydrogens is 532 g/mol. The molecule has 1 fully saturated rings. The second-order valence-electron chi connectivity index (χ2n) is 11.0. The van der Waals surface area contributed by atoms with Crippen LogP contribution in [-0.4, -0.2) is 44.5 Å². The zero-order chi connectivity index (χ0) is 25.5. The first-order valence-electron chi connectivity index (χ1n) is 12.2. The summed E-state index contributed by atoms with van der Waals surface area (Å²) in [5.74, 6) is 0.0172. The van der Waals surface area contributed by atoms with E-state index in [4.69, 9.17) is 21.3 Å². The first-order chi connectivity index (χ1) is 16.4. The number of carbonyl (C=O) groups excluding carboxylic acids is 2. The molecular formula is C26H34BrClN4O3. The van der Waals surface area contributed by atoms with E-state index in [-0.39, 0.29) is 11.9 Å². The summed E-state index contributed by atoms with van der Waals surface area (Å²) in [6.07, 6.45) is 4.38. The number of benzene rings is 1. The second kappa shape index (κ2) is 9.87. The maximum absolute atomic E-state index is 13.0. The minimum absolute atomic E-state index is 0.0877. The number of hydrogen-bond acceptors (Lipinski definition) is 5. The zero-order valence-electron chi connectivity index (χ0n) is 21.1. The van der Waals surface area contributed by atoms with Gasteiger partial charge < -0.3 is 14.6 Å². The van der Waals surface area contributed by atoms with Gasteiger partial charge in [-0.05, 0) is 81.4 Å². The third-order valence-corrected chi connectivity index (χ3v) is 8.45. The highest BCUT2D eigenvalue weighted by molar-refractivity contribution is 9.10. The van der Waals surface area contributed by atoms with Crippen LogP contribution in [0.3, 0.4) is 0 Å². The van der Waals surface area contributed by atoms with Crippen LogP contribution in [0.25, 0.3) is 0 Å². The summed E-state index contributed by atoms with van der Waals surface area (Å²) in [5, 5.41) is 3.35. The molecule has 190 valence electrons. The van der Waals surface area contributed by atoms with E-state index in [0.717, 1.165) is 54.5 Å². The van der Waals surface area contributed by atoms with E-state index in [2.05, 4.69) is 26.1 Å². The third kappa shape index (κ3) is 5.59. The number of fused-ring (bicyclic) bond motifs is 1. The van der Waals surface area contributed by atoms with E-state index >= 15 is 0 Å². The summed E-state index contributed by atoms with van der Waals surface area (Å²) in [5.41, 5.74) is 1.70. The van der Waals surface area contributed by atoms with Crippen LogP contribution >= 0.6 is 27.5 Å². The van der Waals surface area contributed by atoms with Gasteiger partial charge >= 0.3 is 5.97 Å². The highest BCUT2D eigenvalue weighted by Gasteiger charge is 2.42. The standard InChI is InChI=1S/C26H34BrClN4O3/c1-25(2,3)35-24(34)26(4)12-9-16(10-13-26)32-14-11-20-19(15-32)29-22(31(20)5)23(33)30-18-8-6-7-17(27)21(18)28/h6-8,16H,9-15H2,1-5H3,(H,30,33)/t16-,26+. The summed E-state index contributed by atoms with van der Waals surface area (Å²) >= 11 is 9.71. The Morgan fingerprint density at radius 3 is 2.60 bits per heavy atom. The van der Waals surface area contributed by atoms with Crippen LogP contribution in [0, 0.1) is 5.41 Å². The fraction of sp³-hybridized carbons (Fsp3) is 0.577. The first-order valence-corrected chi connectivity index (χ1v) is 13.3. The minimum atomic E-state index is -0.467. The zero-order valence-corrected chi connectivity index (χ0v) is 23.4. The molecule has 0 bridgehead atoms. The summed E-state index contributed by atoms with van der Waals surface area (Å²) in [6.45, 7) is 9.41. The molecule has 0 spiro atoms. The topological polar surface area (TPSA) is 76.5 Å². The van der Waals surface area contributed by atoms with E-state index in [9.17, 15) is 9.59 Å². The molecule has 0 unspecified atom stereocenters. The SMILES string of the molecule is Cn1c(C(=O)Nc2cccc(Br)c2Cl)nc2c1CCN([C@H]1CC[C@@](C)(C(=O)OC(C)(C)C)CC1)C2. The monoisotopic (exact) mass is 564 g/mol. The number of nitrogens with one attached hydrogen (secondary N) is 1. The van der Waals surface area contributed by atoms with Crippen LogP contribution in [-0.2, 0) is 29.5 Å². The first kappa shape index (κ1) is 26.2. The molecule has 1 saturated carbocycles. The van der Waals surface area contributed by atoms with Gasteiger partial charge in [-0.25, -0.2) is 4.98 Å². The number of carbonyl (C=O) groups is 2. The van der Waals surface area contributed by atoms with E-state index in [1.807, 2.05) is 51.4 Å². The minimum Gasteiger partial charge on any atom is -0.460 e. The molecule has 0 saturated heterocycles. The molecule has 2 heterocycles. The van der Waals surface area contributed by atoms with Crippen molar-refractivity contribution in [2.75, 3.05) is 11.9 Å². The Morgan fingerprint density at radius 1 is 1.26 bits per heavy atom. The van der Waals surface area contributed by atoms with Gasteiger partial charge in [0.2, 0.25) is 0 Å². The van der Waals surface area contributed by atoms with Gasteiger partial charge in [0, 0.05) is 42.8 Å². The molecule has 0 atom stereocenters. The molecule has 1 aromatic carbocycles. The van der Waals surface area contributed by atoms with E-state index in [0.29, 0.717) is 29.1 Å². The predicted octanol–water partition coefficient (Wildman–Crippen LogP) is 5.74. The summed E-state index contributed by atoms with van der Waals surface area (Å²) in [6, 6.07) is 5.82. The Morgan fingerprint density at radius 2 is 1.94 bits per heavy atom. The second-order valence-corrected chi connectivity index (χ2v) is 12.2. The molecule has 7 nitrogen and oxygen atoms in total. The number of esters is 1. The van der Waals surface area contributed by atoms with Crippen LogP contribution < -0.4 is 5.32 Å². The number of nitrogens with zero attached hydrogens (tertiary/aromatic N) is 3. The average Bonchev–Trinajstić information content (AvgIpc) is 3.12. The van der Waals surface area contributed by atoms with Crippen molar-refractivity contribution >= 4 is 45.1 Å². The lowest BCUT2D eigenvalue weighted by atomic mass is 9.73. The van der Waals surface area contributed by atoms with Gasteiger partial charge in [0.05, 0.1) is 21.8 Å². The maximum Gasteiger partial charge on any atom is 0.312 e. The van der Waals surface area contributed by atoms with Crippen LogP contribution in [0.2, 0.25) is 5.02 Å². The molecule has 9 heteroatoms. The van der Waals surface area contributed by atoms with Crippen molar-refractivity contribution in [3.05, 3.63) is 44.9 Å². The number of rotatable bonds is 4. The molecule has 2 aromatic rings. The lowest BCUT2D eigenvalue weighted by Crippen LogP contribution is -2.46. The molecule has 4 rings (SSSR count). The number of ether oxygens (including phenoxy) is 1. The highest BCUT2D eigenvalue weighted by atomic mass is 79.9. The lowest BCUT2D eigenvalue weighted by Gasteiger charge is -2.42. The molecule has 1 aliphatic heterocycles.